The maximum absolute atomic E-state index is 10.6. The average molecular weight is 355 g/mol. The second kappa shape index (κ2) is 6.68. The molecule has 0 amide bonds. The van der Waals surface area contributed by atoms with Gasteiger partial charge in [0.2, 0.25) is 0 Å². The van der Waals surface area contributed by atoms with Crippen LogP contribution in [0.4, 0.5) is 11.4 Å². The predicted octanol–water partition coefficient (Wildman–Crippen LogP) is 2.34. The molecule has 0 bridgehead atoms. The predicted molar refractivity (Wildman–Crippen MR) is 82.3 cm³/mol. The van der Waals surface area contributed by atoms with E-state index in [9.17, 15) is 15.2 Å². The minimum absolute atomic E-state index is 0.0865. The lowest BCUT2D eigenvalue weighted by atomic mass is 10.2. The fourth-order valence-electron chi connectivity index (χ4n) is 1.83. The molecule has 0 aliphatic rings. The third kappa shape index (κ3) is 4.27. The molecule has 1 aromatic carbocycles. The van der Waals surface area contributed by atoms with Crippen LogP contribution in [0.5, 0.6) is 0 Å². The maximum Gasteiger partial charge on any atom is 0.306 e. The largest absolute Gasteiger partial charge is 0.389 e. The number of nitrogens with zero attached hydrogens (tertiary/aromatic N) is 3. The summed E-state index contributed by atoms with van der Waals surface area (Å²) in [4.78, 5) is 10.0. The van der Waals surface area contributed by atoms with Crippen molar-refractivity contribution in [3.8, 4) is 0 Å². The molecule has 0 saturated heterocycles. The molecule has 1 unspecified atom stereocenters. The molecule has 1 heterocycles. The van der Waals surface area contributed by atoms with Crippen LogP contribution < -0.4 is 5.32 Å². The number of nitrogens with one attached hydrogen (secondary N) is 1. The van der Waals surface area contributed by atoms with Crippen LogP contribution in [0.25, 0.3) is 0 Å². The molecular formula is C13H15BrN4O3. The third-order valence-electron chi connectivity index (χ3n) is 2.88. The molecule has 1 atom stereocenters. The summed E-state index contributed by atoms with van der Waals surface area (Å²) in [6.07, 6.45) is 1.75. The van der Waals surface area contributed by atoms with Crippen molar-refractivity contribution in [2.75, 3.05) is 11.9 Å². The first-order valence-corrected chi connectivity index (χ1v) is 7.10. The number of rotatable bonds is 6. The van der Waals surface area contributed by atoms with Gasteiger partial charge in [0.1, 0.15) is 12.4 Å². The van der Waals surface area contributed by atoms with E-state index in [-0.39, 0.29) is 12.2 Å². The summed E-state index contributed by atoms with van der Waals surface area (Å²) in [5.74, 6) is 0. The quantitative estimate of drug-likeness (QED) is 0.613. The van der Waals surface area contributed by atoms with Crippen LogP contribution in [0.2, 0.25) is 0 Å². The Balaban J connectivity index is 1.90. The highest BCUT2D eigenvalue weighted by molar-refractivity contribution is 9.10. The minimum atomic E-state index is -0.711. The van der Waals surface area contributed by atoms with E-state index < -0.39 is 11.0 Å². The summed E-state index contributed by atoms with van der Waals surface area (Å²) in [6.45, 7) is 2.48. The van der Waals surface area contributed by atoms with Gasteiger partial charge in [0.25, 0.3) is 0 Å². The maximum atomic E-state index is 10.6. The van der Waals surface area contributed by atoms with Gasteiger partial charge in [-0.3, -0.25) is 14.8 Å². The van der Waals surface area contributed by atoms with E-state index in [1.807, 2.05) is 25.1 Å². The first-order chi connectivity index (χ1) is 9.95. The Bertz CT molecular complexity index is 644. The van der Waals surface area contributed by atoms with Gasteiger partial charge < -0.3 is 10.4 Å². The number of halogens is 1. The van der Waals surface area contributed by atoms with Crippen molar-refractivity contribution >= 4 is 27.3 Å². The van der Waals surface area contributed by atoms with Gasteiger partial charge >= 0.3 is 5.69 Å². The molecule has 0 radical (unpaired) electrons. The molecule has 21 heavy (non-hydrogen) atoms. The highest BCUT2D eigenvalue weighted by Gasteiger charge is 2.12. The summed E-state index contributed by atoms with van der Waals surface area (Å²) >= 11 is 3.43. The van der Waals surface area contributed by atoms with Crippen molar-refractivity contribution in [3.63, 3.8) is 0 Å². The second-order valence-corrected chi connectivity index (χ2v) is 5.55. The smallest absolute Gasteiger partial charge is 0.306 e. The summed E-state index contributed by atoms with van der Waals surface area (Å²) in [5.41, 5.74) is 1.91. The summed E-state index contributed by atoms with van der Waals surface area (Å²) in [6, 6.07) is 5.88. The molecule has 0 aliphatic heterocycles. The molecule has 8 heteroatoms. The van der Waals surface area contributed by atoms with Gasteiger partial charge in [0.05, 0.1) is 17.6 Å². The Morgan fingerprint density at radius 3 is 3.00 bits per heavy atom. The van der Waals surface area contributed by atoms with Crippen LogP contribution in [-0.4, -0.2) is 32.5 Å². The summed E-state index contributed by atoms with van der Waals surface area (Å²) < 4.78 is 2.27. The fraction of sp³-hybridized carbons (Fsp3) is 0.308. The van der Waals surface area contributed by atoms with Crippen LogP contribution >= 0.6 is 15.9 Å². The molecule has 2 N–H and O–H groups in total. The number of aliphatic hydroxyl groups excluding tert-OH is 1. The number of hydrogen-bond donors (Lipinski definition) is 2. The van der Waals surface area contributed by atoms with E-state index >= 15 is 0 Å². The zero-order chi connectivity index (χ0) is 15.4. The van der Waals surface area contributed by atoms with Gasteiger partial charge in [-0.05, 0) is 40.5 Å². The van der Waals surface area contributed by atoms with Crippen molar-refractivity contribution in [2.45, 2.75) is 19.6 Å². The second-order valence-electron chi connectivity index (χ2n) is 4.70. The number of aryl methyl sites for hydroxylation is 1. The van der Waals surface area contributed by atoms with Gasteiger partial charge in [-0.15, -0.1) is 0 Å². The monoisotopic (exact) mass is 354 g/mol. The Hall–Kier alpha value is -1.93. The lowest BCUT2D eigenvalue weighted by Crippen LogP contribution is -2.25. The molecule has 1 aromatic heterocycles. The molecule has 7 nitrogen and oxygen atoms in total. The van der Waals surface area contributed by atoms with E-state index in [1.54, 1.807) is 0 Å². The molecule has 0 fully saturated rings. The number of anilines is 1. The van der Waals surface area contributed by atoms with Crippen molar-refractivity contribution in [3.05, 3.63) is 50.7 Å². The number of benzene rings is 1. The summed E-state index contributed by atoms with van der Waals surface area (Å²) in [7, 11) is 0. The van der Waals surface area contributed by atoms with E-state index in [1.165, 1.54) is 10.9 Å². The normalized spacial score (nSPS) is 12.1. The average Bonchev–Trinajstić information content (AvgIpc) is 2.88. The zero-order valence-electron chi connectivity index (χ0n) is 11.4. The SMILES string of the molecule is Cc1ccc(Br)c(NCC(O)Cn2cc([N+](=O)[O-])cn2)c1. The lowest BCUT2D eigenvalue weighted by Gasteiger charge is -2.14. The number of aliphatic hydroxyl groups is 1. The topological polar surface area (TPSA) is 93.2 Å². The van der Waals surface area contributed by atoms with E-state index in [0.29, 0.717) is 6.54 Å². The van der Waals surface area contributed by atoms with Crippen LogP contribution in [0.3, 0.4) is 0 Å². The lowest BCUT2D eigenvalue weighted by molar-refractivity contribution is -0.385. The minimum Gasteiger partial charge on any atom is -0.389 e. The molecule has 0 saturated carbocycles. The fourth-order valence-corrected chi connectivity index (χ4v) is 2.22. The van der Waals surface area contributed by atoms with Crippen LogP contribution in [0.15, 0.2) is 35.1 Å². The first kappa shape index (κ1) is 15.5. The molecule has 0 aliphatic carbocycles. The number of nitro groups is 1. The molecule has 0 spiro atoms. The van der Waals surface area contributed by atoms with Crippen LogP contribution in [0, 0.1) is 17.0 Å². The van der Waals surface area contributed by atoms with E-state index in [0.717, 1.165) is 21.9 Å². The van der Waals surface area contributed by atoms with Gasteiger partial charge in [0, 0.05) is 16.7 Å². The number of hydrogen-bond acceptors (Lipinski definition) is 5. The van der Waals surface area contributed by atoms with Gasteiger partial charge in [-0.2, -0.15) is 5.10 Å². The standard InChI is InChI=1S/C13H15BrN4O3/c1-9-2-3-12(14)13(4-9)15-6-11(19)8-17-7-10(5-16-17)18(20)21/h2-5,7,11,15,19H,6,8H2,1H3. The van der Waals surface area contributed by atoms with Crippen molar-refractivity contribution < 1.29 is 10.0 Å². The van der Waals surface area contributed by atoms with Crippen molar-refractivity contribution in [1.29, 1.82) is 0 Å². The molecular weight excluding hydrogens is 340 g/mol. The first-order valence-electron chi connectivity index (χ1n) is 6.30. The van der Waals surface area contributed by atoms with Crippen molar-refractivity contribution in [1.82, 2.24) is 9.78 Å². The van der Waals surface area contributed by atoms with Crippen LogP contribution in [0.1, 0.15) is 5.56 Å². The molecule has 2 rings (SSSR count). The molecule has 2 aromatic rings. The zero-order valence-corrected chi connectivity index (χ0v) is 12.9. The Kier molecular flexibility index (Phi) is 4.92. The highest BCUT2D eigenvalue weighted by atomic mass is 79.9. The highest BCUT2D eigenvalue weighted by Crippen LogP contribution is 2.23. The van der Waals surface area contributed by atoms with Crippen LogP contribution in [-0.2, 0) is 6.54 Å². The summed E-state index contributed by atoms with van der Waals surface area (Å²) in [5, 5.41) is 27.5. The van der Waals surface area contributed by atoms with Gasteiger partial charge in [-0.1, -0.05) is 6.07 Å². The van der Waals surface area contributed by atoms with E-state index in [4.69, 9.17) is 0 Å². The molecule has 112 valence electrons. The van der Waals surface area contributed by atoms with Gasteiger partial charge in [0.15, 0.2) is 0 Å². The Labute approximate surface area is 129 Å². The number of aromatic nitrogens is 2. The Morgan fingerprint density at radius 2 is 2.33 bits per heavy atom. The van der Waals surface area contributed by atoms with E-state index in [2.05, 4.69) is 26.3 Å². The van der Waals surface area contributed by atoms with Crippen molar-refractivity contribution in [2.24, 2.45) is 0 Å². The Morgan fingerprint density at radius 1 is 1.57 bits per heavy atom. The third-order valence-corrected chi connectivity index (χ3v) is 3.57. The van der Waals surface area contributed by atoms with Gasteiger partial charge in [-0.25, -0.2) is 0 Å².